The number of rotatable bonds is 5. The van der Waals surface area contributed by atoms with Gasteiger partial charge in [0, 0.05) is 12.4 Å². The summed E-state index contributed by atoms with van der Waals surface area (Å²) in [6, 6.07) is 0. The van der Waals surface area contributed by atoms with Gasteiger partial charge in [-0.25, -0.2) is 4.57 Å². The van der Waals surface area contributed by atoms with Crippen molar-refractivity contribution in [3.63, 3.8) is 0 Å². The Hall–Kier alpha value is -0.570. The van der Waals surface area contributed by atoms with Gasteiger partial charge in [-0.3, -0.25) is 13.7 Å². The number of hydrogen-bond donors (Lipinski definition) is 0. The average Bonchev–Trinajstić information content (AvgIpc) is 2.20. The van der Waals surface area contributed by atoms with Crippen LogP contribution in [0.3, 0.4) is 0 Å². The van der Waals surface area contributed by atoms with Crippen LogP contribution in [0.2, 0.25) is 0 Å². The number of nitrogens with zero attached hydrogens (tertiary/aromatic N) is 1. The molecule has 1 aliphatic heterocycles. The molecule has 1 rings (SSSR count). The molecule has 0 bridgehead atoms. The molecular formula is C9H16NO3P. The first kappa shape index (κ1) is 11.5. The van der Waals surface area contributed by atoms with Gasteiger partial charge >= 0.3 is 7.75 Å². The van der Waals surface area contributed by atoms with Gasteiger partial charge in [0.15, 0.2) is 0 Å². The summed E-state index contributed by atoms with van der Waals surface area (Å²) in [5, 5.41) is 0. The van der Waals surface area contributed by atoms with E-state index < -0.39 is 7.75 Å². The lowest BCUT2D eigenvalue weighted by Gasteiger charge is -2.26. The molecular weight excluding hydrogens is 201 g/mol. The van der Waals surface area contributed by atoms with Gasteiger partial charge in [-0.15, -0.1) is 0 Å². The zero-order chi connectivity index (χ0) is 10.4. The van der Waals surface area contributed by atoms with E-state index in [-0.39, 0.29) is 0 Å². The molecule has 0 atom stereocenters. The van der Waals surface area contributed by atoms with Crippen molar-refractivity contribution in [3.8, 4) is 0 Å². The van der Waals surface area contributed by atoms with Crippen LogP contribution in [0.4, 0.5) is 0 Å². The Morgan fingerprint density at radius 2 is 1.71 bits per heavy atom. The van der Waals surface area contributed by atoms with Gasteiger partial charge in [0.05, 0.1) is 13.2 Å². The van der Waals surface area contributed by atoms with Crippen LogP contribution in [0.1, 0.15) is 20.3 Å². The minimum absolute atomic E-state index is 0.370. The van der Waals surface area contributed by atoms with E-state index in [0.29, 0.717) is 13.2 Å². The van der Waals surface area contributed by atoms with E-state index >= 15 is 0 Å². The number of allylic oxidation sites excluding steroid dienone is 2. The summed E-state index contributed by atoms with van der Waals surface area (Å²) in [6.07, 6.45) is 8.13. The molecule has 0 aromatic carbocycles. The Bertz CT molecular complexity index is 253. The molecule has 0 saturated carbocycles. The Labute approximate surface area is 84.8 Å². The Balaban J connectivity index is 2.75. The van der Waals surface area contributed by atoms with E-state index in [0.717, 1.165) is 6.42 Å². The predicted octanol–water partition coefficient (Wildman–Crippen LogP) is 2.90. The molecule has 0 aromatic heterocycles. The highest BCUT2D eigenvalue weighted by Crippen LogP contribution is 2.52. The van der Waals surface area contributed by atoms with E-state index in [1.165, 1.54) is 4.67 Å². The lowest BCUT2D eigenvalue weighted by molar-refractivity contribution is 0.193. The third-order valence-corrected chi connectivity index (χ3v) is 3.66. The van der Waals surface area contributed by atoms with Gasteiger partial charge < -0.3 is 0 Å². The van der Waals surface area contributed by atoms with Gasteiger partial charge in [-0.1, -0.05) is 12.2 Å². The van der Waals surface area contributed by atoms with Gasteiger partial charge in [0.2, 0.25) is 0 Å². The predicted molar refractivity (Wildman–Crippen MR) is 55.6 cm³/mol. The maximum absolute atomic E-state index is 12.1. The molecule has 0 aliphatic carbocycles. The normalized spacial score (nSPS) is 16.3. The SMILES string of the molecule is CCOP(=O)(OCC)N1C=CCC=C1. The minimum Gasteiger partial charge on any atom is -0.292 e. The summed E-state index contributed by atoms with van der Waals surface area (Å²) in [7, 11) is -3.14. The van der Waals surface area contributed by atoms with Crippen molar-refractivity contribution >= 4 is 7.75 Å². The van der Waals surface area contributed by atoms with Crippen LogP contribution in [0.15, 0.2) is 24.6 Å². The molecule has 80 valence electrons. The molecule has 4 nitrogen and oxygen atoms in total. The molecule has 0 aromatic rings. The first-order chi connectivity index (χ1) is 6.73. The van der Waals surface area contributed by atoms with Crippen molar-refractivity contribution in [3.05, 3.63) is 24.6 Å². The highest BCUT2D eigenvalue weighted by atomic mass is 31.2. The average molecular weight is 217 g/mol. The molecule has 0 saturated heterocycles. The summed E-state index contributed by atoms with van der Waals surface area (Å²) in [5.41, 5.74) is 0. The fourth-order valence-electron chi connectivity index (χ4n) is 1.13. The Kier molecular flexibility index (Phi) is 4.39. The van der Waals surface area contributed by atoms with Gasteiger partial charge in [-0.05, 0) is 20.3 Å². The Morgan fingerprint density at radius 1 is 1.21 bits per heavy atom. The van der Waals surface area contributed by atoms with Crippen LogP contribution >= 0.6 is 7.75 Å². The molecule has 0 amide bonds. The van der Waals surface area contributed by atoms with Crippen molar-refractivity contribution in [2.45, 2.75) is 20.3 Å². The maximum Gasteiger partial charge on any atom is 0.438 e. The third-order valence-electron chi connectivity index (χ3n) is 1.66. The van der Waals surface area contributed by atoms with Crippen molar-refractivity contribution in [1.29, 1.82) is 0 Å². The second-order valence-electron chi connectivity index (χ2n) is 2.69. The van der Waals surface area contributed by atoms with Crippen molar-refractivity contribution in [2.75, 3.05) is 13.2 Å². The monoisotopic (exact) mass is 217 g/mol. The molecule has 0 fully saturated rings. The Morgan fingerprint density at radius 3 is 2.14 bits per heavy atom. The fourth-order valence-corrected chi connectivity index (χ4v) is 2.64. The van der Waals surface area contributed by atoms with E-state index in [4.69, 9.17) is 9.05 Å². The summed E-state index contributed by atoms with van der Waals surface area (Å²) >= 11 is 0. The zero-order valence-electron chi connectivity index (χ0n) is 8.55. The smallest absolute Gasteiger partial charge is 0.292 e. The van der Waals surface area contributed by atoms with Gasteiger partial charge in [0.25, 0.3) is 0 Å². The highest BCUT2D eigenvalue weighted by Gasteiger charge is 2.29. The van der Waals surface area contributed by atoms with Crippen molar-refractivity contribution < 1.29 is 13.6 Å². The van der Waals surface area contributed by atoms with E-state index in [1.54, 1.807) is 26.2 Å². The van der Waals surface area contributed by atoms with Crippen LogP contribution < -0.4 is 0 Å². The first-order valence-corrected chi connectivity index (χ1v) is 6.23. The standard InChI is InChI=1S/C9H16NO3P/c1-3-12-14(11,13-4-2)10-8-6-5-7-9-10/h6-9H,3-5H2,1-2H3. The van der Waals surface area contributed by atoms with Crippen LogP contribution in [-0.4, -0.2) is 17.9 Å². The summed E-state index contributed by atoms with van der Waals surface area (Å²) in [4.78, 5) is 0. The van der Waals surface area contributed by atoms with Crippen LogP contribution in [0.5, 0.6) is 0 Å². The molecule has 0 spiro atoms. The van der Waals surface area contributed by atoms with Crippen LogP contribution in [0, 0.1) is 0 Å². The quantitative estimate of drug-likeness (QED) is 0.664. The lowest BCUT2D eigenvalue weighted by atomic mass is 10.4. The summed E-state index contributed by atoms with van der Waals surface area (Å²) < 4.78 is 24.0. The molecule has 0 unspecified atom stereocenters. The zero-order valence-corrected chi connectivity index (χ0v) is 9.44. The summed E-state index contributed by atoms with van der Waals surface area (Å²) in [6.45, 7) is 4.33. The molecule has 1 aliphatic rings. The third kappa shape index (κ3) is 2.71. The molecule has 0 radical (unpaired) electrons. The van der Waals surface area contributed by atoms with E-state index in [1.807, 2.05) is 12.2 Å². The first-order valence-electron chi connectivity index (χ1n) is 4.74. The summed E-state index contributed by atoms with van der Waals surface area (Å²) in [5.74, 6) is 0. The molecule has 14 heavy (non-hydrogen) atoms. The fraction of sp³-hybridized carbons (Fsp3) is 0.556. The van der Waals surface area contributed by atoms with Gasteiger partial charge in [0.1, 0.15) is 0 Å². The van der Waals surface area contributed by atoms with Crippen molar-refractivity contribution in [1.82, 2.24) is 4.67 Å². The minimum atomic E-state index is -3.14. The van der Waals surface area contributed by atoms with E-state index in [9.17, 15) is 4.57 Å². The van der Waals surface area contributed by atoms with Gasteiger partial charge in [-0.2, -0.15) is 0 Å². The van der Waals surface area contributed by atoms with Crippen molar-refractivity contribution in [2.24, 2.45) is 0 Å². The topological polar surface area (TPSA) is 38.8 Å². The maximum atomic E-state index is 12.1. The number of hydrogen-bond acceptors (Lipinski definition) is 3. The van der Waals surface area contributed by atoms with Crippen LogP contribution in [0.25, 0.3) is 0 Å². The second kappa shape index (κ2) is 5.35. The second-order valence-corrected chi connectivity index (χ2v) is 4.60. The molecule has 5 heteroatoms. The molecule has 0 N–H and O–H groups in total. The van der Waals surface area contributed by atoms with Crippen LogP contribution in [-0.2, 0) is 13.6 Å². The molecule has 1 heterocycles. The highest BCUT2D eigenvalue weighted by molar-refractivity contribution is 7.51. The van der Waals surface area contributed by atoms with E-state index in [2.05, 4.69) is 0 Å². The largest absolute Gasteiger partial charge is 0.438 e. The lowest BCUT2D eigenvalue weighted by Crippen LogP contribution is -2.13.